The van der Waals surface area contributed by atoms with Crippen LogP contribution in [0.3, 0.4) is 0 Å². The van der Waals surface area contributed by atoms with Crippen LogP contribution in [-0.4, -0.2) is 47.3 Å². The fraction of sp³-hybridized carbons (Fsp3) is 0.353. The lowest BCUT2D eigenvalue weighted by molar-refractivity contribution is 0.129. The fourth-order valence-corrected chi connectivity index (χ4v) is 2.84. The minimum Gasteiger partial charge on any atom is -0.390 e. The largest absolute Gasteiger partial charge is 0.390 e. The van der Waals surface area contributed by atoms with Gasteiger partial charge >= 0.3 is 0 Å². The first-order valence-electron chi connectivity index (χ1n) is 7.52. The van der Waals surface area contributed by atoms with Crippen molar-refractivity contribution in [3.63, 3.8) is 0 Å². The van der Waals surface area contributed by atoms with Crippen molar-refractivity contribution in [2.45, 2.75) is 12.6 Å². The van der Waals surface area contributed by atoms with Gasteiger partial charge in [0.2, 0.25) is 0 Å². The number of nitrogens with zero attached hydrogens (tertiary/aromatic N) is 3. The van der Waals surface area contributed by atoms with Crippen molar-refractivity contribution in [2.75, 3.05) is 31.1 Å². The van der Waals surface area contributed by atoms with E-state index in [1.54, 1.807) is 12.3 Å². The Kier molecular flexibility index (Phi) is 4.65. The van der Waals surface area contributed by atoms with Crippen molar-refractivity contribution in [1.82, 2.24) is 9.88 Å². The summed E-state index contributed by atoms with van der Waals surface area (Å²) in [7, 11) is 0. The minimum atomic E-state index is -0.521. The Labute approximate surface area is 129 Å². The number of hydrogen-bond acceptors (Lipinski definition) is 4. The van der Waals surface area contributed by atoms with Crippen LogP contribution in [0.4, 0.5) is 10.2 Å². The summed E-state index contributed by atoms with van der Waals surface area (Å²) in [5.41, 5.74) is 1.21. The van der Waals surface area contributed by atoms with E-state index >= 15 is 0 Å². The highest BCUT2D eigenvalue weighted by Crippen LogP contribution is 2.18. The Hall–Kier alpha value is -1.98. The average molecular weight is 301 g/mol. The van der Waals surface area contributed by atoms with Gasteiger partial charge in [-0.2, -0.15) is 0 Å². The lowest BCUT2D eigenvalue weighted by Crippen LogP contribution is -2.34. The molecule has 1 aliphatic heterocycles. The smallest absolute Gasteiger partial charge is 0.165 e. The van der Waals surface area contributed by atoms with Crippen LogP contribution >= 0.6 is 0 Å². The second-order valence-corrected chi connectivity index (χ2v) is 5.63. The fourth-order valence-electron chi connectivity index (χ4n) is 2.84. The number of aromatic nitrogens is 1. The molecule has 3 rings (SSSR count). The second-order valence-electron chi connectivity index (χ2n) is 5.63. The summed E-state index contributed by atoms with van der Waals surface area (Å²) in [4.78, 5) is 8.13. The number of anilines is 1. The molecule has 0 unspecified atom stereocenters. The molecule has 0 saturated carbocycles. The van der Waals surface area contributed by atoms with Crippen molar-refractivity contribution in [1.29, 1.82) is 0 Å². The summed E-state index contributed by atoms with van der Waals surface area (Å²) in [5, 5.41) is 10.2. The van der Waals surface area contributed by atoms with Gasteiger partial charge in [0.15, 0.2) is 11.6 Å². The molecule has 2 aromatic rings. The van der Waals surface area contributed by atoms with Crippen molar-refractivity contribution in [3.05, 3.63) is 60.0 Å². The van der Waals surface area contributed by atoms with Crippen LogP contribution in [0.5, 0.6) is 0 Å². The maximum Gasteiger partial charge on any atom is 0.165 e. The molecule has 116 valence electrons. The van der Waals surface area contributed by atoms with Gasteiger partial charge in [0.1, 0.15) is 0 Å². The Balaban J connectivity index is 1.69. The molecule has 5 heteroatoms. The molecule has 4 nitrogen and oxygen atoms in total. The molecule has 1 aliphatic rings. The summed E-state index contributed by atoms with van der Waals surface area (Å²) in [6.45, 7) is 3.19. The topological polar surface area (TPSA) is 39.6 Å². The quantitative estimate of drug-likeness (QED) is 0.940. The predicted octanol–water partition coefficient (Wildman–Crippen LogP) is 1.90. The molecule has 1 N–H and O–H groups in total. The maximum absolute atomic E-state index is 13.9. The van der Waals surface area contributed by atoms with Gasteiger partial charge in [-0.15, -0.1) is 0 Å². The average Bonchev–Trinajstić information content (AvgIpc) is 2.70. The SMILES string of the molecule is O[C@@H]1CN(Cc2ccccc2)CCN(c2ncccc2F)C1. The first-order chi connectivity index (χ1) is 10.7. The molecular weight excluding hydrogens is 281 g/mol. The highest BCUT2D eigenvalue weighted by molar-refractivity contribution is 5.40. The number of halogens is 1. The number of hydrogen-bond donors (Lipinski definition) is 1. The molecule has 1 atom stereocenters. The third kappa shape index (κ3) is 3.61. The zero-order chi connectivity index (χ0) is 15.4. The van der Waals surface area contributed by atoms with Crippen LogP contribution in [-0.2, 0) is 6.54 Å². The lowest BCUT2D eigenvalue weighted by Gasteiger charge is -2.23. The molecule has 0 bridgehead atoms. The van der Waals surface area contributed by atoms with E-state index in [0.29, 0.717) is 25.5 Å². The number of aliphatic hydroxyl groups is 1. The molecule has 1 fully saturated rings. The van der Waals surface area contributed by atoms with Crippen LogP contribution < -0.4 is 4.90 Å². The second kappa shape index (κ2) is 6.85. The van der Waals surface area contributed by atoms with Gasteiger partial charge in [-0.1, -0.05) is 30.3 Å². The number of pyridine rings is 1. The van der Waals surface area contributed by atoms with Gasteiger partial charge in [0.05, 0.1) is 6.10 Å². The third-order valence-electron chi connectivity index (χ3n) is 3.87. The Morgan fingerprint density at radius 2 is 1.91 bits per heavy atom. The molecule has 0 spiro atoms. The summed E-state index contributed by atoms with van der Waals surface area (Å²) in [5.74, 6) is -0.0191. The van der Waals surface area contributed by atoms with E-state index in [0.717, 1.165) is 13.1 Å². The van der Waals surface area contributed by atoms with E-state index in [4.69, 9.17) is 0 Å². The molecule has 0 radical (unpaired) electrons. The van der Waals surface area contributed by atoms with Gasteiger partial charge in [-0.25, -0.2) is 9.37 Å². The normalized spacial score (nSPS) is 19.9. The third-order valence-corrected chi connectivity index (χ3v) is 3.87. The lowest BCUT2D eigenvalue weighted by atomic mass is 10.2. The highest BCUT2D eigenvalue weighted by atomic mass is 19.1. The molecular formula is C17H20FN3O. The highest BCUT2D eigenvalue weighted by Gasteiger charge is 2.23. The standard InChI is InChI=1S/C17H20FN3O/c18-16-7-4-8-19-17(16)21-10-9-20(12-15(22)13-21)11-14-5-2-1-3-6-14/h1-8,15,22H,9-13H2/t15-/m1/s1. The van der Waals surface area contributed by atoms with Crippen molar-refractivity contribution in [3.8, 4) is 0 Å². The predicted molar refractivity (Wildman–Crippen MR) is 84.1 cm³/mol. The summed E-state index contributed by atoms with van der Waals surface area (Å²) >= 11 is 0. The van der Waals surface area contributed by atoms with Crippen molar-refractivity contribution < 1.29 is 9.50 Å². The monoisotopic (exact) mass is 301 g/mol. The summed E-state index contributed by atoms with van der Waals surface area (Å²) in [6, 6.07) is 13.2. The van der Waals surface area contributed by atoms with Crippen LogP contribution in [0.25, 0.3) is 0 Å². The Morgan fingerprint density at radius 1 is 1.09 bits per heavy atom. The van der Waals surface area contributed by atoms with Gasteiger partial charge in [0.25, 0.3) is 0 Å². The van der Waals surface area contributed by atoms with Gasteiger partial charge in [0, 0.05) is 38.9 Å². The van der Waals surface area contributed by atoms with Gasteiger partial charge < -0.3 is 10.0 Å². The molecule has 1 aromatic carbocycles. The molecule has 1 saturated heterocycles. The van der Waals surface area contributed by atoms with Crippen LogP contribution in [0.1, 0.15) is 5.56 Å². The molecule has 22 heavy (non-hydrogen) atoms. The first kappa shape index (κ1) is 14.9. The Morgan fingerprint density at radius 3 is 2.68 bits per heavy atom. The van der Waals surface area contributed by atoms with Crippen molar-refractivity contribution in [2.24, 2.45) is 0 Å². The maximum atomic E-state index is 13.9. The number of benzene rings is 1. The van der Waals surface area contributed by atoms with E-state index in [1.165, 1.54) is 11.6 Å². The zero-order valence-corrected chi connectivity index (χ0v) is 12.4. The van der Waals surface area contributed by atoms with E-state index < -0.39 is 6.10 Å². The number of β-amino-alcohol motifs (C(OH)–C–C–N with tert-alkyl or cyclic N) is 1. The molecule has 2 heterocycles. The summed E-state index contributed by atoms with van der Waals surface area (Å²) < 4.78 is 13.9. The molecule has 0 aliphatic carbocycles. The zero-order valence-electron chi connectivity index (χ0n) is 12.4. The molecule has 1 aromatic heterocycles. The van der Waals surface area contributed by atoms with E-state index in [2.05, 4.69) is 22.0 Å². The van der Waals surface area contributed by atoms with Gasteiger partial charge in [-0.3, -0.25) is 4.90 Å². The van der Waals surface area contributed by atoms with Gasteiger partial charge in [-0.05, 0) is 17.7 Å². The summed E-state index contributed by atoms with van der Waals surface area (Å²) in [6.07, 6.45) is 1.06. The van der Waals surface area contributed by atoms with E-state index in [1.807, 2.05) is 23.1 Å². The minimum absolute atomic E-state index is 0.322. The van der Waals surface area contributed by atoms with E-state index in [9.17, 15) is 9.50 Å². The first-order valence-corrected chi connectivity index (χ1v) is 7.52. The van der Waals surface area contributed by atoms with E-state index in [-0.39, 0.29) is 5.82 Å². The van der Waals surface area contributed by atoms with Crippen LogP contribution in [0.2, 0.25) is 0 Å². The number of aliphatic hydroxyl groups excluding tert-OH is 1. The van der Waals surface area contributed by atoms with Crippen LogP contribution in [0.15, 0.2) is 48.7 Å². The molecule has 0 amide bonds. The number of rotatable bonds is 3. The van der Waals surface area contributed by atoms with Crippen LogP contribution in [0, 0.1) is 5.82 Å². The van der Waals surface area contributed by atoms with Crippen molar-refractivity contribution >= 4 is 5.82 Å². The Bertz CT molecular complexity index is 608.